The van der Waals surface area contributed by atoms with Crippen LogP contribution in [0, 0.1) is 13.8 Å². The minimum absolute atomic E-state index is 0.146. The van der Waals surface area contributed by atoms with Gasteiger partial charge in [0.2, 0.25) is 0 Å². The molecule has 1 aliphatic heterocycles. The maximum Gasteiger partial charge on any atom is 0.176 e. The summed E-state index contributed by atoms with van der Waals surface area (Å²) in [6.07, 6.45) is 0. The van der Waals surface area contributed by atoms with Crippen LogP contribution in [0.1, 0.15) is 49.5 Å². The predicted octanol–water partition coefficient (Wildman–Crippen LogP) is 4.70. The molecule has 4 aromatic rings. The van der Waals surface area contributed by atoms with E-state index in [-0.39, 0.29) is 11.6 Å². The average molecular weight is 445 g/mol. The van der Waals surface area contributed by atoms with E-state index in [9.17, 15) is 0 Å². The average Bonchev–Trinajstić information content (AvgIpc) is 3.44. The van der Waals surface area contributed by atoms with Gasteiger partial charge in [0.05, 0.1) is 5.54 Å². The van der Waals surface area contributed by atoms with Crippen LogP contribution in [0.25, 0.3) is 11.0 Å². The van der Waals surface area contributed by atoms with E-state index in [1.54, 1.807) is 0 Å². The number of aryl methyl sites for hydroxylation is 1. The highest BCUT2D eigenvalue weighted by molar-refractivity contribution is 5.77. The lowest BCUT2D eigenvalue weighted by molar-refractivity contribution is 0.174. The molecule has 2 aromatic carbocycles. The summed E-state index contributed by atoms with van der Waals surface area (Å²) in [6.45, 7) is 14.4. The van der Waals surface area contributed by atoms with Crippen LogP contribution in [-0.4, -0.2) is 51.3 Å². The Morgan fingerprint density at radius 1 is 0.939 bits per heavy atom. The smallest absolute Gasteiger partial charge is 0.176 e. The van der Waals surface area contributed by atoms with Gasteiger partial charge in [0.15, 0.2) is 5.82 Å². The molecule has 0 bridgehead atoms. The fourth-order valence-electron chi connectivity index (χ4n) is 4.75. The van der Waals surface area contributed by atoms with Crippen LogP contribution < -0.4 is 4.90 Å². The van der Waals surface area contributed by atoms with E-state index in [1.165, 1.54) is 16.8 Å². The van der Waals surface area contributed by atoms with Gasteiger partial charge in [0, 0.05) is 37.3 Å². The molecule has 0 aliphatic carbocycles. The molecule has 1 aliphatic rings. The van der Waals surface area contributed by atoms with E-state index in [1.807, 2.05) is 22.9 Å². The van der Waals surface area contributed by atoms with Gasteiger partial charge in [0.25, 0.3) is 0 Å². The zero-order valence-electron chi connectivity index (χ0n) is 20.1. The van der Waals surface area contributed by atoms with E-state index < -0.39 is 0 Å². The molecule has 33 heavy (non-hydrogen) atoms. The summed E-state index contributed by atoms with van der Waals surface area (Å²) < 4.78 is 8.29. The van der Waals surface area contributed by atoms with Crippen molar-refractivity contribution in [2.24, 2.45) is 0 Å². The van der Waals surface area contributed by atoms with Crippen molar-refractivity contribution in [3.63, 3.8) is 0 Å². The van der Waals surface area contributed by atoms with Crippen molar-refractivity contribution in [1.29, 1.82) is 0 Å². The Morgan fingerprint density at radius 2 is 1.70 bits per heavy atom. The van der Waals surface area contributed by atoms with E-state index in [4.69, 9.17) is 4.42 Å². The van der Waals surface area contributed by atoms with Crippen LogP contribution in [0.3, 0.4) is 0 Å². The number of anilines is 1. The number of tetrazole rings is 1. The molecule has 0 spiro atoms. The molecule has 0 amide bonds. The first-order chi connectivity index (χ1) is 15.8. The molecule has 1 atom stereocenters. The Kier molecular flexibility index (Phi) is 5.44. The van der Waals surface area contributed by atoms with Crippen molar-refractivity contribution in [2.75, 3.05) is 31.1 Å². The fourth-order valence-corrected chi connectivity index (χ4v) is 4.75. The number of piperazine rings is 1. The molecule has 1 fully saturated rings. The second-order valence-electron chi connectivity index (χ2n) is 9.95. The molecule has 0 saturated carbocycles. The highest BCUT2D eigenvalue weighted by Gasteiger charge is 2.35. The van der Waals surface area contributed by atoms with Crippen LogP contribution in [0.2, 0.25) is 0 Å². The zero-order valence-corrected chi connectivity index (χ0v) is 20.1. The zero-order chi connectivity index (χ0) is 23.2. The molecular formula is C26H32N6O. The van der Waals surface area contributed by atoms with Crippen molar-refractivity contribution in [3.8, 4) is 0 Å². The van der Waals surface area contributed by atoms with Crippen LogP contribution in [0.4, 0.5) is 5.69 Å². The SMILES string of the molecule is Cc1cccc(N2CCN(C(c3cc4ccccc4o3)c3nnnn3C(C)(C)C)CC2)c1C. The summed E-state index contributed by atoms with van der Waals surface area (Å²) in [5.74, 6) is 1.71. The normalized spacial score (nSPS) is 16.5. The van der Waals surface area contributed by atoms with Gasteiger partial charge in [-0.3, -0.25) is 4.90 Å². The van der Waals surface area contributed by atoms with Crippen LogP contribution in [-0.2, 0) is 5.54 Å². The third kappa shape index (κ3) is 4.02. The number of aromatic nitrogens is 4. The van der Waals surface area contributed by atoms with Crippen molar-refractivity contribution < 1.29 is 4.42 Å². The van der Waals surface area contributed by atoms with Crippen LogP contribution in [0.5, 0.6) is 0 Å². The molecule has 1 unspecified atom stereocenters. The number of fused-ring (bicyclic) bond motifs is 1. The molecule has 3 heterocycles. The quantitative estimate of drug-likeness (QED) is 0.455. The summed E-state index contributed by atoms with van der Waals surface area (Å²) in [4.78, 5) is 4.94. The Hall–Kier alpha value is -3.19. The van der Waals surface area contributed by atoms with E-state index in [2.05, 4.69) is 90.3 Å². The molecule has 0 N–H and O–H groups in total. The van der Waals surface area contributed by atoms with E-state index >= 15 is 0 Å². The standard InChI is InChI=1S/C26H32N6O/c1-18-9-8-11-21(19(18)2)30-13-15-31(16-14-30)24(25-27-28-29-32(25)26(3,4)5)23-17-20-10-6-7-12-22(20)33-23/h6-12,17,24H,13-16H2,1-5H3. The topological polar surface area (TPSA) is 63.2 Å². The Balaban J connectivity index is 1.49. The maximum absolute atomic E-state index is 6.36. The Labute approximate surface area is 195 Å². The molecule has 7 nitrogen and oxygen atoms in total. The molecule has 7 heteroatoms. The van der Waals surface area contributed by atoms with E-state index in [0.717, 1.165) is 48.7 Å². The highest BCUT2D eigenvalue weighted by Crippen LogP contribution is 2.34. The minimum atomic E-state index is -0.233. The monoisotopic (exact) mass is 444 g/mol. The van der Waals surface area contributed by atoms with Crippen LogP contribution in [0.15, 0.2) is 52.9 Å². The summed E-state index contributed by atoms with van der Waals surface area (Å²) in [5, 5.41) is 14.0. The Bertz CT molecular complexity index is 1230. The molecule has 5 rings (SSSR count). The first-order valence-electron chi connectivity index (χ1n) is 11.7. The Morgan fingerprint density at radius 3 is 2.42 bits per heavy atom. The summed E-state index contributed by atoms with van der Waals surface area (Å²) in [5.41, 5.74) is 4.68. The second kappa shape index (κ2) is 8.30. The third-order valence-corrected chi connectivity index (χ3v) is 6.68. The van der Waals surface area contributed by atoms with Crippen molar-refractivity contribution >= 4 is 16.7 Å². The number of benzene rings is 2. The summed E-state index contributed by atoms with van der Waals surface area (Å²) in [7, 11) is 0. The minimum Gasteiger partial charge on any atom is -0.459 e. The number of hydrogen-bond acceptors (Lipinski definition) is 6. The van der Waals surface area contributed by atoms with Gasteiger partial charge < -0.3 is 9.32 Å². The van der Waals surface area contributed by atoms with Gasteiger partial charge >= 0.3 is 0 Å². The number of furan rings is 1. The van der Waals surface area contributed by atoms with Gasteiger partial charge in [0.1, 0.15) is 17.4 Å². The van der Waals surface area contributed by atoms with E-state index in [0.29, 0.717) is 0 Å². The lowest BCUT2D eigenvalue weighted by atomic mass is 10.0. The summed E-state index contributed by atoms with van der Waals surface area (Å²) >= 11 is 0. The first kappa shape index (κ1) is 21.6. The number of nitrogens with zero attached hydrogens (tertiary/aromatic N) is 6. The maximum atomic E-state index is 6.36. The first-order valence-corrected chi connectivity index (χ1v) is 11.7. The van der Waals surface area contributed by atoms with Gasteiger partial charge in [-0.05, 0) is 74.4 Å². The van der Waals surface area contributed by atoms with Gasteiger partial charge in [-0.15, -0.1) is 5.10 Å². The summed E-state index contributed by atoms with van der Waals surface area (Å²) in [6, 6.07) is 16.7. The molecule has 2 aromatic heterocycles. The van der Waals surface area contributed by atoms with Gasteiger partial charge in [-0.25, -0.2) is 4.68 Å². The number of para-hydroxylation sites is 1. The van der Waals surface area contributed by atoms with Gasteiger partial charge in [-0.2, -0.15) is 0 Å². The predicted molar refractivity (Wildman–Crippen MR) is 131 cm³/mol. The van der Waals surface area contributed by atoms with Crippen molar-refractivity contribution in [1.82, 2.24) is 25.1 Å². The number of rotatable bonds is 4. The second-order valence-corrected chi connectivity index (χ2v) is 9.95. The van der Waals surface area contributed by atoms with Crippen molar-refractivity contribution in [3.05, 3.63) is 71.2 Å². The molecule has 172 valence electrons. The highest BCUT2D eigenvalue weighted by atomic mass is 16.3. The van der Waals surface area contributed by atoms with Gasteiger partial charge in [-0.1, -0.05) is 30.3 Å². The molecule has 0 radical (unpaired) electrons. The molecule has 1 saturated heterocycles. The number of hydrogen-bond donors (Lipinski definition) is 0. The third-order valence-electron chi connectivity index (χ3n) is 6.68. The van der Waals surface area contributed by atoms with Crippen molar-refractivity contribution in [2.45, 2.75) is 46.2 Å². The largest absolute Gasteiger partial charge is 0.459 e. The lowest BCUT2D eigenvalue weighted by Gasteiger charge is -2.40. The fraction of sp³-hybridized carbons (Fsp3) is 0.423. The lowest BCUT2D eigenvalue weighted by Crippen LogP contribution is -2.49. The van der Waals surface area contributed by atoms with Crippen LogP contribution >= 0.6 is 0 Å². The molecular weight excluding hydrogens is 412 g/mol.